The van der Waals surface area contributed by atoms with Crippen LogP contribution >= 0.6 is 0 Å². The monoisotopic (exact) mass is 325 g/mol. The fraction of sp³-hybridized carbons (Fsp3) is 0.222. The van der Waals surface area contributed by atoms with Gasteiger partial charge in [0.1, 0.15) is 5.75 Å². The normalized spacial score (nSPS) is 16.8. The van der Waals surface area contributed by atoms with Crippen molar-refractivity contribution < 1.29 is 14.3 Å². The van der Waals surface area contributed by atoms with Crippen LogP contribution in [0.2, 0.25) is 0 Å². The van der Waals surface area contributed by atoms with Gasteiger partial charge in [-0.05, 0) is 24.3 Å². The standard InChI is InChI=1S/C18H19N3O3/c1-24-16-10-6-5-9-15(16)20-18(23)19-13-11-17(22)21(12-13)14-7-3-2-4-8-14/h2-10,13H,11-12H2,1H3,(H2,19,20,23)/t13-/m0/s1. The van der Waals surface area contributed by atoms with Gasteiger partial charge in [0.2, 0.25) is 5.91 Å². The number of nitrogens with one attached hydrogen (secondary N) is 2. The molecule has 0 aromatic heterocycles. The summed E-state index contributed by atoms with van der Waals surface area (Å²) in [6.45, 7) is 0.461. The number of para-hydroxylation sites is 3. The van der Waals surface area contributed by atoms with E-state index in [1.807, 2.05) is 42.5 Å². The molecule has 124 valence electrons. The van der Waals surface area contributed by atoms with Crippen LogP contribution in [-0.4, -0.2) is 31.6 Å². The molecule has 2 aromatic carbocycles. The Labute approximate surface area is 140 Å². The number of amides is 3. The Morgan fingerprint density at radius 2 is 1.83 bits per heavy atom. The summed E-state index contributed by atoms with van der Waals surface area (Å²) in [6.07, 6.45) is 0.286. The van der Waals surface area contributed by atoms with E-state index in [1.165, 1.54) is 0 Å². The molecular formula is C18H19N3O3. The second kappa shape index (κ2) is 7.04. The molecule has 0 aliphatic carbocycles. The van der Waals surface area contributed by atoms with Crippen molar-refractivity contribution >= 4 is 23.3 Å². The number of carbonyl (C=O) groups excluding carboxylic acids is 2. The minimum absolute atomic E-state index is 0.00351. The smallest absolute Gasteiger partial charge is 0.319 e. The quantitative estimate of drug-likeness (QED) is 0.908. The molecule has 0 saturated carbocycles. The summed E-state index contributed by atoms with van der Waals surface area (Å²) in [4.78, 5) is 26.0. The molecule has 6 nitrogen and oxygen atoms in total. The fourth-order valence-electron chi connectivity index (χ4n) is 2.75. The summed E-state index contributed by atoms with van der Waals surface area (Å²) in [5.41, 5.74) is 1.43. The predicted octanol–water partition coefficient (Wildman–Crippen LogP) is 2.62. The SMILES string of the molecule is COc1ccccc1NC(=O)N[C@H]1CC(=O)N(c2ccccc2)C1. The molecule has 1 saturated heterocycles. The fourth-order valence-corrected chi connectivity index (χ4v) is 2.75. The van der Waals surface area contributed by atoms with Gasteiger partial charge in [-0.2, -0.15) is 0 Å². The largest absolute Gasteiger partial charge is 0.495 e. The van der Waals surface area contributed by atoms with Crippen LogP contribution in [0.4, 0.5) is 16.2 Å². The molecule has 0 spiro atoms. The Hall–Kier alpha value is -3.02. The molecule has 0 radical (unpaired) electrons. The van der Waals surface area contributed by atoms with Gasteiger partial charge in [0.15, 0.2) is 0 Å². The molecule has 0 unspecified atom stereocenters. The number of ether oxygens (including phenoxy) is 1. The van der Waals surface area contributed by atoms with Crippen LogP contribution in [0.15, 0.2) is 54.6 Å². The number of nitrogens with zero attached hydrogens (tertiary/aromatic N) is 1. The second-order valence-corrected chi connectivity index (χ2v) is 5.54. The highest BCUT2D eigenvalue weighted by Crippen LogP contribution is 2.24. The highest BCUT2D eigenvalue weighted by atomic mass is 16.5. The molecule has 1 atom stereocenters. The van der Waals surface area contributed by atoms with Crippen molar-refractivity contribution in [3.8, 4) is 5.75 Å². The second-order valence-electron chi connectivity index (χ2n) is 5.54. The highest BCUT2D eigenvalue weighted by Gasteiger charge is 2.31. The third-order valence-corrected chi connectivity index (χ3v) is 3.88. The van der Waals surface area contributed by atoms with Crippen molar-refractivity contribution in [2.75, 3.05) is 23.9 Å². The minimum atomic E-state index is -0.354. The van der Waals surface area contributed by atoms with Crippen molar-refractivity contribution in [1.82, 2.24) is 5.32 Å². The first-order valence-electron chi connectivity index (χ1n) is 7.73. The van der Waals surface area contributed by atoms with E-state index in [0.29, 0.717) is 18.0 Å². The number of benzene rings is 2. The average molecular weight is 325 g/mol. The molecule has 2 aromatic rings. The number of anilines is 2. The van der Waals surface area contributed by atoms with Gasteiger partial charge in [-0.25, -0.2) is 4.79 Å². The van der Waals surface area contributed by atoms with E-state index in [-0.39, 0.29) is 24.4 Å². The number of hydrogen-bond acceptors (Lipinski definition) is 3. The van der Waals surface area contributed by atoms with Crippen molar-refractivity contribution in [3.05, 3.63) is 54.6 Å². The van der Waals surface area contributed by atoms with Gasteiger partial charge in [0, 0.05) is 18.7 Å². The lowest BCUT2D eigenvalue weighted by atomic mass is 10.2. The molecule has 1 aliphatic rings. The maximum absolute atomic E-state index is 12.2. The molecule has 1 heterocycles. The van der Waals surface area contributed by atoms with E-state index in [4.69, 9.17) is 4.74 Å². The predicted molar refractivity (Wildman–Crippen MR) is 92.3 cm³/mol. The minimum Gasteiger partial charge on any atom is -0.495 e. The molecule has 0 bridgehead atoms. The van der Waals surface area contributed by atoms with Gasteiger partial charge in [-0.3, -0.25) is 4.79 Å². The Morgan fingerprint density at radius 1 is 1.12 bits per heavy atom. The van der Waals surface area contributed by atoms with Crippen molar-refractivity contribution in [2.24, 2.45) is 0 Å². The van der Waals surface area contributed by atoms with Crippen LogP contribution in [0.3, 0.4) is 0 Å². The van der Waals surface area contributed by atoms with Gasteiger partial charge in [0.05, 0.1) is 18.8 Å². The highest BCUT2D eigenvalue weighted by molar-refractivity contribution is 5.97. The first kappa shape index (κ1) is 15.9. The van der Waals surface area contributed by atoms with Crippen LogP contribution in [-0.2, 0) is 4.79 Å². The Balaban J connectivity index is 1.61. The lowest BCUT2D eigenvalue weighted by Crippen LogP contribution is -2.39. The van der Waals surface area contributed by atoms with E-state index in [0.717, 1.165) is 5.69 Å². The third-order valence-electron chi connectivity index (χ3n) is 3.88. The first-order chi connectivity index (χ1) is 11.7. The van der Waals surface area contributed by atoms with E-state index >= 15 is 0 Å². The summed E-state index contributed by atoms with van der Waals surface area (Å²) in [5, 5.41) is 5.59. The molecule has 6 heteroatoms. The molecule has 3 rings (SSSR count). The lowest BCUT2D eigenvalue weighted by molar-refractivity contribution is -0.117. The number of hydrogen-bond donors (Lipinski definition) is 2. The molecule has 2 N–H and O–H groups in total. The van der Waals surface area contributed by atoms with E-state index < -0.39 is 0 Å². The van der Waals surface area contributed by atoms with Crippen LogP contribution < -0.4 is 20.3 Å². The lowest BCUT2D eigenvalue weighted by Gasteiger charge is -2.17. The van der Waals surface area contributed by atoms with Crippen LogP contribution in [0.5, 0.6) is 5.75 Å². The summed E-state index contributed by atoms with van der Waals surface area (Å²) < 4.78 is 5.20. The summed E-state index contributed by atoms with van der Waals surface area (Å²) in [5.74, 6) is 0.588. The van der Waals surface area contributed by atoms with Crippen LogP contribution in [0.25, 0.3) is 0 Å². The molecule has 3 amide bonds. The number of methoxy groups -OCH3 is 1. The van der Waals surface area contributed by atoms with Gasteiger partial charge >= 0.3 is 6.03 Å². The van der Waals surface area contributed by atoms with Crippen LogP contribution in [0.1, 0.15) is 6.42 Å². The average Bonchev–Trinajstić information content (AvgIpc) is 2.96. The molecule has 24 heavy (non-hydrogen) atoms. The Kier molecular flexibility index (Phi) is 4.65. The summed E-state index contributed by atoms with van der Waals surface area (Å²) in [6, 6.07) is 16.0. The first-order valence-corrected chi connectivity index (χ1v) is 7.73. The van der Waals surface area contributed by atoms with E-state index in [2.05, 4.69) is 10.6 Å². The number of urea groups is 1. The number of rotatable bonds is 4. The maximum Gasteiger partial charge on any atom is 0.319 e. The Morgan fingerprint density at radius 3 is 2.58 bits per heavy atom. The van der Waals surface area contributed by atoms with Crippen molar-refractivity contribution in [3.63, 3.8) is 0 Å². The van der Waals surface area contributed by atoms with E-state index in [1.54, 1.807) is 24.1 Å². The maximum atomic E-state index is 12.2. The zero-order chi connectivity index (χ0) is 16.9. The summed E-state index contributed by atoms with van der Waals surface area (Å²) >= 11 is 0. The van der Waals surface area contributed by atoms with Gasteiger partial charge in [-0.15, -0.1) is 0 Å². The van der Waals surface area contributed by atoms with Crippen molar-refractivity contribution in [2.45, 2.75) is 12.5 Å². The molecule has 1 fully saturated rings. The number of carbonyl (C=O) groups is 2. The molecular weight excluding hydrogens is 306 g/mol. The topological polar surface area (TPSA) is 70.7 Å². The van der Waals surface area contributed by atoms with Gasteiger partial charge in [0.25, 0.3) is 0 Å². The van der Waals surface area contributed by atoms with Gasteiger partial charge < -0.3 is 20.3 Å². The van der Waals surface area contributed by atoms with Crippen LogP contribution in [0, 0.1) is 0 Å². The zero-order valence-corrected chi connectivity index (χ0v) is 13.4. The zero-order valence-electron chi connectivity index (χ0n) is 13.4. The third kappa shape index (κ3) is 3.48. The van der Waals surface area contributed by atoms with E-state index in [9.17, 15) is 9.59 Å². The van der Waals surface area contributed by atoms with Crippen molar-refractivity contribution in [1.29, 1.82) is 0 Å². The van der Waals surface area contributed by atoms with Gasteiger partial charge in [-0.1, -0.05) is 30.3 Å². The Bertz CT molecular complexity index is 733. The summed E-state index contributed by atoms with van der Waals surface area (Å²) in [7, 11) is 1.55. The molecule has 1 aliphatic heterocycles.